The second-order valence-corrected chi connectivity index (χ2v) is 8.46. The van der Waals surface area contributed by atoms with Gasteiger partial charge in [0.1, 0.15) is 5.00 Å². The average Bonchev–Trinajstić information content (AvgIpc) is 3.09. The Balaban J connectivity index is 1.95. The fourth-order valence-corrected chi connectivity index (χ4v) is 4.47. The van der Waals surface area contributed by atoms with E-state index in [1.165, 1.54) is 56.5 Å². The molecule has 9 nitrogen and oxygen atoms in total. The molecule has 170 valence electrons. The number of hydrogen-bond donors (Lipinski definition) is 2. The number of carbonyl (C=O) groups excluding carboxylic acids is 3. The van der Waals surface area contributed by atoms with Gasteiger partial charge in [-0.2, -0.15) is 0 Å². The Labute approximate surface area is 201 Å². The smallest absolute Gasteiger partial charge is 0.341 e. The normalized spacial score (nSPS) is 10.4. The lowest BCUT2D eigenvalue weighted by atomic mass is 10.1. The predicted octanol–water partition coefficient (Wildman–Crippen LogP) is 5.56. The highest BCUT2D eigenvalue weighted by Crippen LogP contribution is 2.35. The van der Waals surface area contributed by atoms with Gasteiger partial charge in [0, 0.05) is 22.8 Å². The quantitative estimate of drug-likeness (QED) is 0.255. The van der Waals surface area contributed by atoms with Crippen LogP contribution in [0.1, 0.15) is 36.0 Å². The topological polar surface area (TPSA) is 128 Å². The SMILES string of the molecule is COC(=O)c1c(NC(=O)c2ccc(Cl)cc2Cl)sc(C(=O)Nc2cccc([N+](=O)[O-])c2)c1C. The molecule has 0 radical (unpaired) electrons. The molecule has 33 heavy (non-hydrogen) atoms. The third kappa shape index (κ3) is 5.30. The number of benzene rings is 2. The average molecular weight is 508 g/mol. The molecule has 0 saturated heterocycles. The summed E-state index contributed by atoms with van der Waals surface area (Å²) in [4.78, 5) is 48.5. The molecular formula is C21H15Cl2N3O6S. The Bertz CT molecular complexity index is 1290. The number of nitro benzene ring substituents is 1. The van der Waals surface area contributed by atoms with Crippen molar-refractivity contribution in [3.8, 4) is 0 Å². The zero-order valence-corrected chi connectivity index (χ0v) is 19.4. The highest BCUT2D eigenvalue weighted by molar-refractivity contribution is 7.19. The maximum absolute atomic E-state index is 12.9. The van der Waals surface area contributed by atoms with E-state index in [-0.39, 0.29) is 43.0 Å². The summed E-state index contributed by atoms with van der Waals surface area (Å²) in [5.74, 6) is -1.99. The Morgan fingerprint density at radius 3 is 2.42 bits per heavy atom. The number of ether oxygens (including phenoxy) is 1. The molecule has 0 spiro atoms. The second-order valence-electron chi connectivity index (χ2n) is 6.59. The lowest BCUT2D eigenvalue weighted by molar-refractivity contribution is -0.384. The van der Waals surface area contributed by atoms with Gasteiger partial charge in [-0.25, -0.2) is 4.79 Å². The van der Waals surface area contributed by atoms with Gasteiger partial charge in [0.15, 0.2) is 0 Å². The predicted molar refractivity (Wildman–Crippen MR) is 126 cm³/mol. The molecule has 0 bridgehead atoms. The molecule has 0 aliphatic heterocycles. The van der Waals surface area contributed by atoms with E-state index < -0.39 is 22.7 Å². The minimum atomic E-state index is -0.754. The number of nitro groups is 1. The molecule has 0 atom stereocenters. The zero-order valence-electron chi connectivity index (χ0n) is 17.1. The minimum absolute atomic E-state index is 0.00475. The monoisotopic (exact) mass is 507 g/mol. The third-order valence-corrected chi connectivity index (χ3v) is 6.21. The van der Waals surface area contributed by atoms with E-state index in [1.807, 2.05) is 0 Å². The third-order valence-electron chi connectivity index (χ3n) is 4.46. The fraction of sp³-hybridized carbons (Fsp3) is 0.0952. The summed E-state index contributed by atoms with van der Waals surface area (Å²) in [5.41, 5.74) is 0.391. The summed E-state index contributed by atoms with van der Waals surface area (Å²) in [6, 6.07) is 9.72. The highest BCUT2D eigenvalue weighted by atomic mass is 35.5. The lowest BCUT2D eigenvalue weighted by Gasteiger charge is -2.07. The summed E-state index contributed by atoms with van der Waals surface area (Å²) in [6.45, 7) is 1.52. The van der Waals surface area contributed by atoms with Crippen LogP contribution in [0.4, 0.5) is 16.4 Å². The summed E-state index contributed by atoms with van der Waals surface area (Å²) in [6.07, 6.45) is 0. The van der Waals surface area contributed by atoms with E-state index in [9.17, 15) is 24.5 Å². The Kier molecular flexibility index (Phi) is 7.32. The van der Waals surface area contributed by atoms with Crippen molar-refractivity contribution in [2.24, 2.45) is 0 Å². The molecule has 0 aliphatic carbocycles. The fourth-order valence-electron chi connectivity index (χ4n) is 2.90. The molecule has 2 aromatic carbocycles. The van der Waals surface area contributed by atoms with Gasteiger partial charge in [-0.1, -0.05) is 29.3 Å². The van der Waals surface area contributed by atoms with E-state index in [2.05, 4.69) is 10.6 Å². The van der Waals surface area contributed by atoms with Crippen molar-refractivity contribution in [2.45, 2.75) is 6.92 Å². The van der Waals surface area contributed by atoms with Crippen molar-refractivity contribution in [2.75, 3.05) is 17.7 Å². The van der Waals surface area contributed by atoms with Crippen LogP contribution < -0.4 is 10.6 Å². The summed E-state index contributed by atoms with van der Waals surface area (Å²) in [7, 11) is 1.17. The molecule has 3 aromatic rings. The van der Waals surface area contributed by atoms with Crippen molar-refractivity contribution in [3.63, 3.8) is 0 Å². The van der Waals surface area contributed by atoms with E-state index >= 15 is 0 Å². The number of nitrogens with zero attached hydrogens (tertiary/aromatic N) is 1. The van der Waals surface area contributed by atoms with Gasteiger partial charge in [-0.05, 0) is 36.8 Å². The number of non-ortho nitro benzene ring substituents is 1. The number of carbonyl (C=O) groups is 3. The first-order chi connectivity index (χ1) is 15.6. The van der Waals surface area contributed by atoms with Crippen molar-refractivity contribution >= 4 is 68.7 Å². The Morgan fingerprint density at radius 2 is 1.79 bits per heavy atom. The van der Waals surface area contributed by atoms with Gasteiger partial charge in [0.25, 0.3) is 17.5 Å². The number of nitrogens with one attached hydrogen (secondary N) is 2. The molecule has 1 aromatic heterocycles. The van der Waals surface area contributed by atoms with E-state index in [0.717, 1.165) is 11.3 Å². The maximum Gasteiger partial charge on any atom is 0.341 e. The zero-order chi connectivity index (χ0) is 24.3. The summed E-state index contributed by atoms with van der Waals surface area (Å²) in [5, 5.41) is 16.7. The van der Waals surface area contributed by atoms with Crippen LogP contribution in [-0.4, -0.2) is 29.8 Å². The number of methoxy groups -OCH3 is 1. The van der Waals surface area contributed by atoms with Crippen molar-refractivity contribution in [3.05, 3.63) is 84.2 Å². The molecule has 1 heterocycles. The molecule has 0 saturated carbocycles. The number of hydrogen-bond acceptors (Lipinski definition) is 7. The summed E-state index contributed by atoms with van der Waals surface area (Å²) < 4.78 is 4.80. The van der Waals surface area contributed by atoms with Crippen molar-refractivity contribution in [1.29, 1.82) is 0 Å². The lowest BCUT2D eigenvalue weighted by Crippen LogP contribution is -2.15. The first kappa shape index (κ1) is 24.2. The number of thiophene rings is 1. The Morgan fingerprint density at radius 1 is 1.06 bits per heavy atom. The molecule has 12 heteroatoms. The van der Waals surface area contributed by atoms with Crippen LogP contribution in [0.15, 0.2) is 42.5 Å². The van der Waals surface area contributed by atoms with Gasteiger partial charge >= 0.3 is 5.97 Å². The van der Waals surface area contributed by atoms with Crippen LogP contribution in [0.5, 0.6) is 0 Å². The van der Waals surface area contributed by atoms with Crippen LogP contribution in [0.2, 0.25) is 10.0 Å². The van der Waals surface area contributed by atoms with Crippen LogP contribution in [-0.2, 0) is 4.74 Å². The van der Waals surface area contributed by atoms with Gasteiger partial charge in [0.2, 0.25) is 0 Å². The number of halogens is 2. The Hall–Kier alpha value is -3.47. The van der Waals surface area contributed by atoms with Crippen LogP contribution in [0, 0.1) is 17.0 Å². The first-order valence-corrected chi connectivity index (χ1v) is 10.7. The van der Waals surface area contributed by atoms with Gasteiger partial charge in [0.05, 0.1) is 33.1 Å². The second kappa shape index (κ2) is 9.99. The van der Waals surface area contributed by atoms with Crippen LogP contribution >= 0.6 is 34.5 Å². The van der Waals surface area contributed by atoms with Crippen molar-refractivity contribution in [1.82, 2.24) is 0 Å². The van der Waals surface area contributed by atoms with E-state index in [4.69, 9.17) is 27.9 Å². The molecule has 0 unspecified atom stereocenters. The number of rotatable bonds is 6. The standard InChI is InChI=1S/C21H15Cl2N3O6S/c1-10-16(21(29)32-2)20(25-18(27)14-7-6-11(22)8-15(14)23)33-17(10)19(28)24-12-4-3-5-13(9-12)26(30)31/h3-9H,1-2H3,(H,24,28)(H,25,27). The van der Waals surface area contributed by atoms with Gasteiger partial charge in [-0.3, -0.25) is 19.7 Å². The van der Waals surface area contributed by atoms with E-state index in [1.54, 1.807) is 0 Å². The highest BCUT2D eigenvalue weighted by Gasteiger charge is 2.27. The molecule has 2 amide bonds. The van der Waals surface area contributed by atoms with Crippen LogP contribution in [0.25, 0.3) is 0 Å². The first-order valence-electron chi connectivity index (χ1n) is 9.16. The number of esters is 1. The summed E-state index contributed by atoms with van der Waals surface area (Å²) >= 11 is 12.8. The number of amides is 2. The maximum atomic E-state index is 12.9. The molecule has 0 fully saturated rings. The number of anilines is 2. The molecule has 3 rings (SSSR count). The van der Waals surface area contributed by atoms with Crippen molar-refractivity contribution < 1.29 is 24.0 Å². The largest absolute Gasteiger partial charge is 0.465 e. The molecule has 2 N–H and O–H groups in total. The van der Waals surface area contributed by atoms with Gasteiger partial charge in [-0.15, -0.1) is 11.3 Å². The minimum Gasteiger partial charge on any atom is -0.465 e. The molecular weight excluding hydrogens is 493 g/mol. The van der Waals surface area contributed by atoms with Gasteiger partial charge < -0.3 is 15.4 Å². The van der Waals surface area contributed by atoms with Crippen LogP contribution in [0.3, 0.4) is 0 Å². The molecule has 0 aliphatic rings. The van der Waals surface area contributed by atoms with E-state index in [0.29, 0.717) is 5.02 Å².